The minimum Gasteiger partial charge on any atom is -0.345 e. The van der Waals surface area contributed by atoms with E-state index in [0.717, 1.165) is 35.7 Å². The smallest absolute Gasteiger partial charge is 0.228 e. The first-order valence-corrected chi connectivity index (χ1v) is 9.37. The molecule has 0 fully saturated rings. The van der Waals surface area contributed by atoms with Crippen molar-refractivity contribution < 1.29 is 4.79 Å². The summed E-state index contributed by atoms with van der Waals surface area (Å²) in [4.78, 5) is 14.8. The summed E-state index contributed by atoms with van der Waals surface area (Å²) >= 11 is 6.30. The lowest BCUT2D eigenvalue weighted by Gasteiger charge is -2.30. The fraction of sp³-hybridized carbons (Fsp3) is 0.476. The summed E-state index contributed by atoms with van der Waals surface area (Å²) in [6, 6.07) is 12.0. The van der Waals surface area contributed by atoms with Gasteiger partial charge in [-0.2, -0.15) is 0 Å². The molecule has 0 atom stereocenters. The van der Waals surface area contributed by atoms with Gasteiger partial charge in [0.1, 0.15) is 0 Å². The van der Waals surface area contributed by atoms with Crippen molar-refractivity contribution in [1.82, 2.24) is 9.47 Å². The van der Waals surface area contributed by atoms with Crippen molar-refractivity contribution in [2.45, 2.75) is 53.6 Å². The van der Waals surface area contributed by atoms with E-state index in [9.17, 15) is 4.79 Å². The van der Waals surface area contributed by atoms with Crippen LogP contribution in [0.3, 0.4) is 0 Å². The fourth-order valence-corrected chi connectivity index (χ4v) is 3.02. The standard InChI is InChI=1S/C21H29ClN2O/c1-5-6-13-24(20(25)21(2,3)4)16-18-11-9-14-23(18)15-17-10-7-8-12-19(17)22/h7-12,14H,5-6,13,15-16H2,1-4H3. The van der Waals surface area contributed by atoms with Crippen LogP contribution in [0.5, 0.6) is 0 Å². The van der Waals surface area contributed by atoms with Gasteiger partial charge < -0.3 is 9.47 Å². The number of unbranched alkanes of at least 4 members (excludes halogenated alkanes) is 1. The Balaban J connectivity index is 2.19. The summed E-state index contributed by atoms with van der Waals surface area (Å²) in [5.74, 6) is 0.200. The quantitative estimate of drug-likeness (QED) is 0.652. The number of aromatic nitrogens is 1. The van der Waals surface area contributed by atoms with Crippen LogP contribution < -0.4 is 0 Å². The van der Waals surface area contributed by atoms with Gasteiger partial charge in [0.05, 0.1) is 6.54 Å². The van der Waals surface area contributed by atoms with Crippen molar-refractivity contribution in [2.24, 2.45) is 5.41 Å². The summed E-state index contributed by atoms with van der Waals surface area (Å²) in [5, 5.41) is 0.774. The molecule has 0 radical (unpaired) electrons. The van der Waals surface area contributed by atoms with Gasteiger partial charge in [-0.15, -0.1) is 0 Å². The highest BCUT2D eigenvalue weighted by Gasteiger charge is 2.27. The Morgan fingerprint density at radius 1 is 1.16 bits per heavy atom. The molecule has 0 bridgehead atoms. The number of hydrogen-bond acceptors (Lipinski definition) is 1. The predicted molar refractivity (Wildman–Crippen MR) is 105 cm³/mol. The van der Waals surface area contributed by atoms with Gasteiger partial charge in [-0.05, 0) is 30.2 Å². The molecule has 0 aliphatic rings. The zero-order valence-corrected chi connectivity index (χ0v) is 16.5. The van der Waals surface area contributed by atoms with Crippen LogP contribution in [0, 0.1) is 5.41 Å². The monoisotopic (exact) mass is 360 g/mol. The van der Waals surface area contributed by atoms with E-state index in [4.69, 9.17) is 11.6 Å². The highest BCUT2D eigenvalue weighted by atomic mass is 35.5. The van der Waals surface area contributed by atoms with Crippen LogP contribution >= 0.6 is 11.6 Å². The number of hydrogen-bond donors (Lipinski definition) is 0. The van der Waals surface area contributed by atoms with Gasteiger partial charge in [-0.25, -0.2) is 0 Å². The topological polar surface area (TPSA) is 25.2 Å². The summed E-state index contributed by atoms with van der Waals surface area (Å²) in [7, 11) is 0. The average Bonchev–Trinajstić information content (AvgIpc) is 2.99. The lowest BCUT2D eigenvalue weighted by atomic mass is 9.94. The zero-order valence-electron chi connectivity index (χ0n) is 15.8. The molecule has 3 nitrogen and oxygen atoms in total. The molecular weight excluding hydrogens is 332 g/mol. The third-order valence-electron chi connectivity index (χ3n) is 4.29. The van der Waals surface area contributed by atoms with Crippen LogP contribution in [0.4, 0.5) is 0 Å². The molecule has 0 saturated heterocycles. The van der Waals surface area contributed by atoms with E-state index in [0.29, 0.717) is 13.1 Å². The van der Waals surface area contributed by atoms with Gasteiger partial charge in [0.25, 0.3) is 0 Å². The second-order valence-corrected chi connectivity index (χ2v) is 7.96. The summed E-state index contributed by atoms with van der Waals surface area (Å²) in [5.41, 5.74) is 1.85. The second kappa shape index (κ2) is 8.57. The molecule has 1 aromatic heterocycles. The molecule has 25 heavy (non-hydrogen) atoms. The normalized spacial score (nSPS) is 11.6. The van der Waals surface area contributed by atoms with Gasteiger partial charge in [0.2, 0.25) is 5.91 Å². The minimum atomic E-state index is -0.367. The Morgan fingerprint density at radius 3 is 2.52 bits per heavy atom. The SMILES string of the molecule is CCCCN(Cc1cccn1Cc1ccccc1Cl)C(=O)C(C)(C)C. The molecule has 0 N–H and O–H groups in total. The number of benzene rings is 1. The van der Waals surface area contributed by atoms with E-state index >= 15 is 0 Å². The van der Waals surface area contributed by atoms with Crippen molar-refractivity contribution >= 4 is 17.5 Å². The molecule has 0 saturated carbocycles. The molecule has 2 aromatic rings. The summed E-state index contributed by atoms with van der Waals surface area (Å²) in [6.45, 7) is 10.2. The Labute approximate surface area is 156 Å². The van der Waals surface area contributed by atoms with Crippen LogP contribution in [0.1, 0.15) is 51.8 Å². The number of amides is 1. The second-order valence-electron chi connectivity index (χ2n) is 7.55. The first-order chi connectivity index (χ1) is 11.8. The first-order valence-electron chi connectivity index (χ1n) is 8.99. The van der Waals surface area contributed by atoms with Crippen molar-refractivity contribution in [3.63, 3.8) is 0 Å². The van der Waals surface area contributed by atoms with Gasteiger partial charge >= 0.3 is 0 Å². The molecule has 0 spiro atoms. The van der Waals surface area contributed by atoms with Crippen LogP contribution in [-0.2, 0) is 17.9 Å². The Kier molecular flexibility index (Phi) is 6.71. The highest BCUT2D eigenvalue weighted by Crippen LogP contribution is 2.21. The van der Waals surface area contributed by atoms with E-state index < -0.39 is 0 Å². The maximum absolute atomic E-state index is 12.8. The molecular formula is C21H29ClN2O. The number of halogens is 1. The van der Waals surface area contributed by atoms with Crippen LogP contribution in [0.25, 0.3) is 0 Å². The van der Waals surface area contributed by atoms with E-state index in [1.807, 2.05) is 56.0 Å². The Bertz CT molecular complexity index is 700. The van der Waals surface area contributed by atoms with Crippen LogP contribution in [0.15, 0.2) is 42.6 Å². The fourth-order valence-electron chi connectivity index (χ4n) is 2.83. The molecule has 136 valence electrons. The highest BCUT2D eigenvalue weighted by molar-refractivity contribution is 6.31. The third-order valence-corrected chi connectivity index (χ3v) is 4.65. The molecule has 1 amide bonds. The predicted octanol–water partition coefficient (Wildman–Crippen LogP) is 5.36. The van der Waals surface area contributed by atoms with Gasteiger partial charge in [-0.3, -0.25) is 4.79 Å². The van der Waals surface area contributed by atoms with Crippen molar-refractivity contribution in [3.05, 3.63) is 58.9 Å². The average molecular weight is 361 g/mol. The van der Waals surface area contributed by atoms with Crippen LogP contribution in [0.2, 0.25) is 5.02 Å². The van der Waals surface area contributed by atoms with Crippen molar-refractivity contribution in [1.29, 1.82) is 0 Å². The molecule has 1 heterocycles. The Hall–Kier alpha value is -1.74. The van der Waals surface area contributed by atoms with Gasteiger partial charge in [0, 0.05) is 35.4 Å². The van der Waals surface area contributed by atoms with Gasteiger partial charge in [0.15, 0.2) is 0 Å². The minimum absolute atomic E-state index is 0.200. The van der Waals surface area contributed by atoms with E-state index in [1.165, 1.54) is 0 Å². The summed E-state index contributed by atoms with van der Waals surface area (Å²) in [6.07, 6.45) is 4.15. The largest absolute Gasteiger partial charge is 0.345 e. The molecule has 0 aliphatic carbocycles. The van der Waals surface area contributed by atoms with Gasteiger partial charge in [-0.1, -0.05) is 63.9 Å². The van der Waals surface area contributed by atoms with Crippen molar-refractivity contribution in [2.75, 3.05) is 6.54 Å². The number of nitrogens with zero attached hydrogens (tertiary/aromatic N) is 2. The lowest BCUT2D eigenvalue weighted by molar-refractivity contribution is -0.140. The maximum Gasteiger partial charge on any atom is 0.228 e. The third kappa shape index (κ3) is 5.37. The Morgan fingerprint density at radius 2 is 1.88 bits per heavy atom. The molecule has 2 rings (SSSR count). The number of carbonyl (C=O) groups is 1. The molecule has 4 heteroatoms. The lowest BCUT2D eigenvalue weighted by Crippen LogP contribution is -2.40. The number of rotatable bonds is 7. The zero-order chi connectivity index (χ0) is 18.4. The molecule has 0 unspecified atom stereocenters. The first kappa shape index (κ1) is 19.6. The summed E-state index contributed by atoms with van der Waals surface area (Å²) < 4.78 is 2.18. The maximum atomic E-state index is 12.8. The number of carbonyl (C=O) groups excluding carboxylic acids is 1. The van der Waals surface area contributed by atoms with E-state index in [2.05, 4.69) is 23.8 Å². The van der Waals surface area contributed by atoms with Crippen molar-refractivity contribution in [3.8, 4) is 0 Å². The van der Waals surface area contributed by atoms with Crippen LogP contribution in [-0.4, -0.2) is 21.9 Å². The van der Waals surface area contributed by atoms with E-state index in [1.54, 1.807) is 0 Å². The van der Waals surface area contributed by atoms with E-state index in [-0.39, 0.29) is 11.3 Å². The molecule has 0 aliphatic heterocycles. The molecule has 1 aromatic carbocycles.